The maximum absolute atomic E-state index is 13.1. The third-order valence-electron chi connectivity index (χ3n) is 8.16. The van der Waals surface area contributed by atoms with Crippen LogP contribution in [-0.4, -0.2) is 68.0 Å². The number of nitrogens with zero attached hydrogens (tertiary/aromatic N) is 2. The van der Waals surface area contributed by atoms with Crippen LogP contribution in [0.3, 0.4) is 0 Å². The summed E-state index contributed by atoms with van der Waals surface area (Å²) in [6.07, 6.45) is 4.00. The highest BCUT2D eigenvalue weighted by Crippen LogP contribution is 2.38. The Bertz CT molecular complexity index is 1690. The van der Waals surface area contributed by atoms with E-state index in [-0.39, 0.29) is 11.0 Å². The van der Waals surface area contributed by atoms with Crippen molar-refractivity contribution in [3.8, 4) is 5.75 Å². The maximum Gasteiger partial charge on any atom is 0.351 e. The average molecular weight is 622 g/mol. The fraction of sp³-hybridized carbons (Fsp3) is 0.455. The van der Waals surface area contributed by atoms with Crippen LogP contribution in [0.1, 0.15) is 57.6 Å². The number of ether oxygens (including phenoxy) is 2. The van der Waals surface area contributed by atoms with Crippen LogP contribution in [0.15, 0.2) is 53.6 Å². The van der Waals surface area contributed by atoms with Gasteiger partial charge in [-0.25, -0.2) is 13.4 Å². The van der Waals surface area contributed by atoms with E-state index in [9.17, 15) is 8.42 Å². The fourth-order valence-corrected chi connectivity index (χ4v) is 6.95. The molecule has 0 amide bonds. The molecule has 44 heavy (non-hydrogen) atoms. The number of aryl methyl sites for hydroxylation is 1. The number of H-pyrrole nitrogens is 2. The molecule has 4 N–H and O–H groups in total. The van der Waals surface area contributed by atoms with E-state index in [2.05, 4.69) is 44.6 Å². The lowest BCUT2D eigenvalue weighted by Gasteiger charge is -2.33. The van der Waals surface area contributed by atoms with Crippen LogP contribution in [0.4, 0.5) is 23.1 Å². The number of sulfone groups is 1. The Balaban J connectivity index is 1.46. The average Bonchev–Trinajstić information content (AvgIpc) is 3.47. The second kappa shape index (κ2) is 13.5. The SMILES string of the molecule is COCCN1CCC(c2cc(OC(C)C)c(Nc3nc(Nc4ccccc4S(=O)(=O)C(C)C)c4cc[nH]c4[nH+]3)cc2C)CC1. The number of benzene rings is 2. The summed E-state index contributed by atoms with van der Waals surface area (Å²) in [7, 11) is -1.76. The molecule has 0 spiro atoms. The molecule has 236 valence electrons. The van der Waals surface area contributed by atoms with Crippen molar-refractivity contribution in [2.24, 2.45) is 0 Å². The predicted molar refractivity (Wildman–Crippen MR) is 175 cm³/mol. The summed E-state index contributed by atoms with van der Waals surface area (Å²) in [4.78, 5) is 14.1. The first-order valence-corrected chi connectivity index (χ1v) is 16.9. The Morgan fingerprint density at radius 2 is 1.82 bits per heavy atom. The van der Waals surface area contributed by atoms with Crippen molar-refractivity contribution in [2.45, 2.75) is 69.6 Å². The van der Waals surface area contributed by atoms with Crippen molar-refractivity contribution in [3.63, 3.8) is 0 Å². The van der Waals surface area contributed by atoms with E-state index in [0.717, 1.165) is 61.6 Å². The standard InChI is InChI=1S/C33H44N6O4S/c1-21(2)43-29-20-26(24-12-15-39(16-13-24)17-18-42-6)23(5)19-28(29)36-33-37-31-25(11-14-34-31)32(38-33)35-27-9-7-8-10-30(27)44(40,41)22(3)4/h7-11,14,19-22,24H,12-13,15-18H2,1-6H3,(H3,34,35,36,37,38)/p+1. The normalized spacial score (nSPS) is 14.9. The van der Waals surface area contributed by atoms with Crippen LogP contribution in [-0.2, 0) is 14.6 Å². The van der Waals surface area contributed by atoms with Crippen molar-refractivity contribution in [2.75, 3.05) is 44.0 Å². The molecule has 4 aromatic rings. The van der Waals surface area contributed by atoms with Crippen molar-refractivity contribution >= 4 is 44.0 Å². The molecule has 2 aromatic heterocycles. The second-order valence-corrected chi connectivity index (χ2v) is 14.5. The molecule has 0 bridgehead atoms. The molecule has 0 radical (unpaired) electrons. The zero-order valence-electron chi connectivity index (χ0n) is 26.5. The van der Waals surface area contributed by atoms with Crippen LogP contribution >= 0.6 is 0 Å². The van der Waals surface area contributed by atoms with Gasteiger partial charge in [0.25, 0.3) is 0 Å². The lowest BCUT2D eigenvalue weighted by molar-refractivity contribution is -0.333. The molecule has 1 saturated heterocycles. The van der Waals surface area contributed by atoms with Gasteiger partial charge in [-0.05, 0) is 108 Å². The van der Waals surface area contributed by atoms with Gasteiger partial charge in [-0.3, -0.25) is 10.3 Å². The molecule has 0 atom stereocenters. The first kappa shape index (κ1) is 31.7. The van der Waals surface area contributed by atoms with E-state index in [0.29, 0.717) is 23.4 Å². The molecule has 0 unspecified atom stereocenters. The van der Waals surface area contributed by atoms with Gasteiger partial charge in [0.15, 0.2) is 15.6 Å². The fourth-order valence-electron chi connectivity index (χ4n) is 5.75. The van der Waals surface area contributed by atoms with Crippen LogP contribution in [0, 0.1) is 6.92 Å². The number of methoxy groups -OCH3 is 1. The lowest BCUT2D eigenvalue weighted by atomic mass is 9.86. The molecule has 0 aliphatic carbocycles. The Hall–Kier alpha value is -3.67. The summed E-state index contributed by atoms with van der Waals surface area (Å²) < 4.78 is 37.8. The van der Waals surface area contributed by atoms with Crippen LogP contribution < -0.4 is 20.4 Å². The quantitative estimate of drug-likeness (QED) is 0.177. The van der Waals surface area contributed by atoms with Gasteiger partial charge in [-0.1, -0.05) is 17.1 Å². The third-order valence-corrected chi connectivity index (χ3v) is 10.4. The van der Waals surface area contributed by atoms with Gasteiger partial charge in [-0.2, -0.15) is 0 Å². The van der Waals surface area contributed by atoms with E-state index >= 15 is 0 Å². The summed E-state index contributed by atoms with van der Waals surface area (Å²) in [6.45, 7) is 13.4. The Kier molecular flexibility index (Phi) is 9.77. The molecule has 2 aromatic carbocycles. The molecule has 0 saturated carbocycles. The molecular formula is C33H45N6O4S+. The number of rotatable bonds is 12. The van der Waals surface area contributed by atoms with Gasteiger partial charge in [0, 0.05) is 19.9 Å². The van der Waals surface area contributed by atoms with E-state index in [1.54, 1.807) is 39.2 Å². The second-order valence-electron chi connectivity index (χ2n) is 12.0. The van der Waals surface area contributed by atoms with E-state index in [4.69, 9.17) is 14.5 Å². The highest BCUT2D eigenvalue weighted by Gasteiger charge is 2.26. The van der Waals surface area contributed by atoms with E-state index in [1.807, 2.05) is 32.2 Å². The van der Waals surface area contributed by atoms with Crippen molar-refractivity contribution in [1.82, 2.24) is 14.9 Å². The first-order chi connectivity index (χ1) is 21.1. The van der Waals surface area contributed by atoms with Gasteiger partial charge >= 0.3 is 5.95 Å². The Morgan fingerprint density at radius 1 is 1.07 bits per heavy atom. The van der Waals surface area contributed by atoms with Gasteiger partial charge < -0.3 is 19.7 Å². The molecule has 1 aliphatic heterocycles. The lowest BCUT2D eigenvalue weighted by Crippen LogP contribution is -2.35. The van der Waals surface area contributed by atoms with Gasteiger partial charge in [0.2, 0.25) is 11.5 Å². The van der Waals surface area contributed by atoms with Crippen LogP contribution in [0.2, 0.25) is 0 Å². The number of hydrogen-bond acceptors (Lipinski definition) is 8. The van der Waals surface area contributed by atoms with Crippen LogP contribution in [0.25, 0.3) is 11.0 Å². The highest BCUT2D eigenvalue weighted by molar-refractivity contribution is 7.92. The number of aromatic nitrogens is 3. The molecule has 1 aliphatic rings. The minimum Gasteiger partial charge on any atom is -0.488 e. The van der Waals surface area contributed by atoms with E-state index in [1.165, 1.54) is 11.1 Å². The monoisotopic (exact) mass is 621 g/mol. The number of piperidine rings is 1. The summed E-state index contributed by atoms with van der Waals surface area (Å²) in [6, 6.07) is 13.2. The highest BCUT2D eigenvalue weighted by atomic mass is 32.2. The Morgan fingerprint density at radius 3 is 2.52 bits per heavy atom. The summed E-state index contributed by atoms with van der Waals surface area (Å²) in [5.41, 5.74) is 4.55. The molecule has 3 heterocycles. The van der Waals surface area contributed by atoms with Gasteiger partial charge in [-0.15, -0.1) is 0 Å². The molecule has 10 nitrogen and oxygen atoms in total. The van der Waals surface area contributed by atoms with Gasteiger partial charge in [0.1, 0.15) is 5.69 Å². The largest absolute Gasteiger partial charge is 0.488 e. The summed E-state index contributed by atoms with van der Waals surface area (Å²) >= 11 is 0. The maximum atomic E-state index is 13.1. The number of hydrogen-bond donors (Lipinski definition) is 3. The zero-order valence-corrected chi connectivity index (χ0v) is 27.3. The molecule has 11 heteroatoms. The third kappa shape index (κ3) is 7.00. The summed E-state index contributed by atoms with van der Waals surface area (Å²) in [5.74, 6) is 2.25. The predicted octanol–water partition coefficient (Wildman–Crippen LogP) is 5.97. The molecular weight excluding hydrogens is 576 g/mol. The minimum absolute atomic E-state index is 0.0125. The number of para-hydroxylation sites is 1. The minimum atomic E-state index is -3.52. The smallest absolute Gasteiger partial charge is 0.351 e. The number of anilines is 4. The number of fused-ring (bicyclic) bond motifs is 1. The Labute approximate surface area is 260 Å². The number of likely N-dealkylation sites (tertiary alicyclic amines) is 1. The molecule has 5 rings (SSSR count). The van der Waals surface area contributed by atoms with Crippen molar-refractivity contribution in [1.29, 1.82) is 0 Å². The van der Waals surface area contributed by atoms with Crippen molar-refractivity contribution in [3.05, 3.63) is 59.8 Å². The van der Waals surface area contributed by atoms with Crippen LogP contribution in [0.5, 0.6) is 5.75 Å². The first-order valence-electron chi connectivity index (χ1n) is 15.4. The van der Waals surface area contributed by atoms with Gasteiger partial charge in [0.05, 0.1) is 33.9 Å². The number of nitrogens with one attached hydrogen (secondary N) is 4. The number of aromatic amines is 2. The molecule has 1 fully saturated rings. The zero-order chi connectivity index (χ0) is 31.4. The van der Waals surface area contributed by atoms with E-state index < -0.39 is 15.1 Å². The summed E-state index contributed by atoms with van der Waals surface area (Å²) in [5, 5.41) is 7.01. The van der Waals surface area contributed by atoms with Crippen molar-refractivity contribution < 1.29 is 22.9 Å². The topological polar surface area (TPSA) is 123 Å².